The minimum absolute atomic E-state index is 0.766. The predicted octanol–water partition coefficient (Wildman–Crippen LogP) is 1.58. The minimum Gasteiger partial charge on any atom is -0.372 e. The molecule has 14 heavy (non-hydrogen) atoms. The van der Waals surface area contributed by atoms with Crippen LogP contribution in [0.1, 0.15) is 0 Å². The van der Waals surface area contributed by atoms with E-state index in [4.69, 9.17) is 0 Å². The molecular weight excluding hydrogens is 176 g/mol. The van der Waals surface area contributed by atoms with Gasteiger partial charge in [-0.1, -0.05) is 0 Å². The number of hydrogen-bond donors (Lipinski definition) is 1. The minimum atomic E-state index is 0.766. The van der Waals surface area contributed by atoms with Gasteiger partial charge in [0.1, 0.15) is 5.82 Å². The Morgan fingerprint density at radius 3 is 2.36 bits per heavy atom. The molecule has 70 valence electrons. The zero-order valence-electron chi connectivity index (χ0n) is 7.81. The molecule has 0 aliphatic rings. The summed E-state index contributed by atoms with van der Waals surface area (Å²) in [5.74, 6) is 0.766. The van der Waals surface area contributed by atoms with Gasteiger partial charge in [-0.25, -0.2) is 0 Å². The molecule has 0 fully saturated rings. The van der Waals surface area contributed by atoms with Crippen molar-refractivity contribution in [3.05, 3.63) is 36.7 Å². The Balaban J connectivity index is 2.34. The molecule has 2 aromatic heterocycles. The highest BCUT2D eigenvalue weighted by Gasteiger charge is 1.98. The lowest BCUT2D eigenvalue weighted by Crippen LogP contribution is -1.95. The molecule has 1 N–H and O–H groups in total. The Morgan fingerprint density at radius 2 is 1.79 bits per heavy atom. The lowest BCUT2D eigenvalue weighted by Gasteiger charge is -2.00. The summed E-state index contributed by atoms with van der Waals surface area (Å²) in [5.41, 5.74) is 1.88. The zero-order chi connectivity index (χ0) is 9.80. The van der Waals surface area contributed by atoms with E-state index in [1.54, 1.807) is 12.4 Å². The van der Waals surface area contributed by atoms with Crippen LogP contribution in [0.15, 0.2) is 36.7 Å². The van der Waals surface area contributed by atoms with Gasteiger partial charge in [0, 0.05) is 25.0 Å². The summed E-state index contributed by atoms with van der Waals surface area (Å²) in [4.78, 5) is 3.94. The summed E-state index contributed by atoms with van der Waals surface area (Å²) >= 11 is 0. The second-order valence-corrected chi connectivity index (χ2v) is 2.79. The normalized spacial score (nSPS) is 9.79. The molecule has 0 aliphatic heterocycles. The lowest BCUT2D eigenvalue weighted by molar-refractivity contribution is 1.04. The molecule has 2 rings (SSSR count). The number of pyridine rings is 1. The highest BCUT2D eigenvalue weighted by molar-refractivity contribution is 5.58. The maximum Gasteiger partial charge on any atom is 0.148 e. The number of hydrogen-bond acceptors (Lipinski definition) is 4. The summed E-state index contributed by atoms with van der Waals surface area (Å²) in [7, 11) is 1.82. The first-order valence-corrected chi connectivity index (χ1v) is 4.32. The predicted molar refractivity (Wildman–Crippen MR) is 54.8 cm³/mol. The van der Waals surface area contributed by atoms with E-state index in [1.165, 1.54) is 0 Å². The largest absolute Gasteiger partial charge is 0.372 e. The van der Waals surface area contributed by atoms with Crippen LogP contribution in [0.4, 0.5) is 5.82 Å². The van der Waals surface area contributed by atoms with Crippen molar-refractivity contribution in [3.63, 3.8) is 0 Å². The van der Waals surface area contributed by atoms with E-state index in [0.717, 1.165) is 17.1 Å². The third-order valence-electron chi connectivity index (χ3n) is 1.90. The van der Waals surface area contributed by atoms with Gasteiger partial charge >= 0.3 is 0 Å². The summed E-state index contributed by atoms with van der Waals surface area (Å²) in [5, 5.41) is 11.0. The number of rotatable bonds is 2. The van der Waals surface area contributed by atoms with E-state index in [1.807, 2.05) is 31.3 Å². The first-order valence-electron chi connectivity index (χ1n) is 4.32. The average molecular weight is 186 g/mol. The van der Waals surface area contributed by atoms with Gasteiger partial charge in [0.05, 0.1) is 5.69 Å². The van der Waals surface area contributed by atoms with E-state index in [9.17, 15) is 0 Å². The van der Waals surface area contributed by atoms with Gasteiger partial charge in [-0.15, -0.1) is 10.2 Å². The second-order valence-electron chi connectivity index (χ2n) is 2.79. The molecule has 4 nitrogen and oxygen atoms in total. The third-order valence-corrected chi connectivity index (χ3v) is 1.90. The number of aromatic nitrogens is 3. The first kappa shape index (κ1) is 8.62. The SMILES string of the molecule is CNc1ccc(-c2ccncc2)nn1. The monoisotopic (exact) mass is 186 g/mol. The Bertz CT molecular complexity index is 396. The number of anilines is 1. The summed E-state index contributed by atoms with van der Waals surface area (Å²) < 4.78 is 0. The second kappa shape index (κ2) is 3.83. The van der Waals surface area contributed by atoms with Gasteiger partial charge in [0.2, 0.25) is 0 Å². The Labute approximate surface area is 82.0 Å². The average Bonchev–Trinajstić information content (AvgIpc) is 2.30. The van der Waals surface area contributed by atoms with Gasteiger partial charge < -0.3 is 5.32 Å². The fraction of sp³-hybridized carbons (Fsp3) is 0.100. The fourth-order valence-electron chi connectivity index (χ4n) is 1.14. The van der Waals surface area contributed by atoms with Crippen molar-refractivity contribution in [2.24, 2.45) is 0 Å². The molecule has 0 spiro atoms. The van der Waals surface area contributed by atoms with E-state index in [2.05, 4.69) is 20.5 Å². The molecule has 0 aromatic carbocycles. The molecule has 0 saturated heterocycles. The van der Waals surface area contributed by atoms with Crippen molar-refractivity contribution in [2.45, 2.75) is 0 Å². The molecule has 0 radical (unpaired) electrons. The highest BCUT2D eigenvalue weighted by Crippen LogP contribution is 2.14. The van der Waals surface area contributed by atoms with E-state index < -0.39 is 0 Å². The zero-order valence-corrected chi connectivity index (χ0v) is 7.81. The number of nitrogens with one attached hydrogen (secondary N) is 1. The topological polar surface area (TPSA) is 50.7 Å². The fourth-order valence-corrected chi connectivity index (χ4v) is 1.14. The number of nitrogens with zero attached hydrogens (tertiary/aromatic N) is 3. The van der Waals surface area contributed by atoms with E-state index in [-0.39, 0.29) is 0 Å². The van der Waals surface area contributed by atoms with Crippen molar-refractivity contribution >= 4 is 5.82 Å². The molecule has 2 aromatic rings. The van der Waals surface area contributed by atoms with Crippen molar-refractivity contribution < 1.29 is 0 Å². The van der Waals surface area contributed by atoms with Crippen LogP contribution < -0.4 is 5.32 Å². The molecule has 0 atom stereocenters. The van der Waals surface area contributed by atoms with Crippen LogP contribution >= 0.6 is 0 Å². The first-order chi connectivity index (χ1) is 6.90. The van der Waals surface area contributed by atoms with Crippen LogP contribution in [0.2, 0.25) is 0 Å². The van der Waals surface area contributed by atoms with Gasteiger partial charge in [-0.05, 0) is 24.3 Å². The molecule has 0 bridgehead atoms. The van der Waals surface area contributed by atoms with Gasteiger partial charge in [0.25, 0.3) is 0 Å². The molecule has 0 unspecified atom stereocenters. The summed E-state index contributed by atoms with van der Waals surface area (Å²) in [6.07, 6.45) is 3.48. The molecular formula is C10H10N4. The third kappa shape index (κ3) is 1.69. The lowest BCUT2D eigenvalue weighted by atomic mass is 10.2. The molecule has 4 heteroatoms. The maximum atomic E-state index is 4.08. The van der Waals surface area contributed by atoms with Crippen molar-refractivity contribution in [1.29, 1.82) is 0 Å². The molecule has 0 aliphatic carbocycles. The van der Waals surface area contributed by atoms with Crippen LogP contribution in [0.25, 0.3) is 11.3 Å². The van der Waals surface area contributed by atoms with Crippen molar-refractivity contribution in [1.82, 2.24) is 15.2 Å². The van der Waals surface area contributed by atoms with Crippen LogP contribution in [-0.4, -0.2) is 22.2 Å². The van der Waals surface area contributed by atoms with E-state index in [0.29, 0.717) is 0 Å². The van der Waals surface area contributed by atoms with Crippen LogP contribution in [0.3, 0.4) is 0 Å². The molecule has 0 saturated carbocycles. The van der Waals surface area contributed by atoms with Crippen LogP contribution in [0, 0.1) is 0 Å². The summed E-state index contributed by atoms with van der Waals surface area (Å²) in [6, 6.07) is 7.63. The van der Waals surface area contributed by atoms with E-state index >= 15 is 0 Å². The maximum absolute atomic E-state index is 4.08. The Morgan fingerprint density at radius 1 is 1.00 bits per heavy atom. The molecule has 2 heterocycles. The van der Waals surface area contributed by atoms with Crippen molar-refractivity contribution in [2.75, 3.05) is 12.4 Å². The Hall–Kier alpha value is -1.97. The smallest absolute Gasteiger partial charge is 0.148 e. The van der Waals surface area contributed by atoms with Gasteiger partial charge in [-0.3, -0.25) is 4.98 Å². The summed E-state index contributed by atoms with van der Waals surface area (Å²) in [6.45, 7) is 0. The van der Waals surface area contributed by atoms with Gasteiger partial charge in [0.15, 0.2) is 0 Å². The van der Waals surface area contributed by atoms with Gasteiger partial charge in [-0.2, -0.15) is 0 Å². The van der Waals surface area contributed by atoms with Crippen LogP contribution in [0.5, 0.6) is 0 Å². The van der Waals surface area contributed by atoms with Crippen LogP contribution in [-0.2, 0) is 0 Å². The van der Waals surface area contributed by atoms with Crippen molar-refractivity contribution in [3.8, 4) is 11.3 Å². The molecule has 0 amide bonds. The quantitative estimate of drug-likeness (QED) is 0.773. The standard InChI is InChI=1S/C10H10N4/c1-11-10-3-2-9(13-14-10)8-4-6-12-7-5-8/h2-7H,1H3,(H,11,14). The highest BCUT2D eigenvalue weighted by atomic mass is 15.2. The Kier molecular flexibility index (Phi) is 2.36.